The SMILES string of the molecule is COc1ccccc1NC(=O)COc1ccc(/C=N\NC(=O)CN(c2ccc(Br)cc2)S(=O)(=O)c2ccc(C)cc2)cc1. The smallest absolute Gasteiger partial charge is 0.264 e. The van der Waals surface area contributed by atoms with Crippen LogP contribution in [0, 0.1) is 6.92 Å². The van der Waals surface area contributed by atoms with Crippen molar-refractivity contribution in [1.29, 1.82) is 0 Å². The number of amides is 2. The standard InChI is InChI=1S/C31H29BrN4O6S/c1-22-7-17-27(18-8-22)43(39,40)36(25-13-11-24(32)12-14-25)20-30(37)35-33-19-23-9-15-26(16-10-23)42-21-31(38)34-28-5-3-4-6-29(28)41-2/h3-19H,20-21H2,1-2H3,(H,34,38)(H,35,37)/b33-19-. The monoisotopic (exact) mass is 664 g/mol. The fraction of sp³-hybridized carbons (Fsp3) is 0.129. The number of methoxy groups -OCH3 is 1. The summed E-state index contributed by atoms with van der Waals surface area (Å²) < 4.78 is 39.5. The zero-order chi connectivity index (χ0) is 30.8. The Morgan fingerprint density at radius 3 is 2.26 bits per heavy atom. The number of hydrogen-bond donors (Lipinski definition) is 2. The molecule has 0 radical (unpaired) electrons. The third-order valence-corrected chi connectivity index (χ3v) is 8.36. The van der Waals surface area contributed by atoms with Crippen LogP contribution in [0.25, 0.3) is 0 Å². The lowest BCUT2D eigenvalue weighted by Crippen LogP contribution is -2.39. The Bertz CT molecular complexity index is 1690. The van der Waals surface area contributed by atoms with E-state index >= 15 is 0 Å². The lowest BCUT2D eigenvalue weighted by Gasteiger charge is -2.23. The number of carbonyl (C=O) groups is 2. The number of nitrogens with one attached hydrogen (secondary N) is 2. The van der Waals surface area contributed by atoms with Crippen LogP contribution in [0.2, 0.25) is 0 Å². The van der Waals surface area contributed by atoms with E-state index in [1.165, 1.54) is 25.5 Å². The molecule has 0 aromatic heterocycles. The number of sulfonamides is 1. The maximum Gasteiger partial charge on any atom is 0.264 e. The Labute approximate surface area is 258 Å². The normalized spacial score (nSPS) is 11.1. The number of ether oxygens (including phenoxy) is 2. The summed E-state index contributed by atoms with van der Waals surface area (Å²) in [4.78, 5) is 25.1. The number of nitrogens with zero attached hydrogens (tertiary/aromatic N) is 2. The predicted octanol–water partition coefficient (Wildman–Crippen LogP) is 5.13. The molecule has 4 rings (SSSR count). The van der Waals surface area contributed by atoms with Crippen molar-refractivity contribution in [1.82, 2.24) is 5.43 Å². The fourth-order valence-electron chi connectivity index (χ4n) is 3.84. The van der Waals surface area contributed by atoms with E-state index in [0.717, 1.165) is 14.3 Å². The summed E-state index contributed by atoms with van der Waals surface area (Å²) in [6.07, 6.45) is 1.41. The second-order valence-corrected chi connectivity index (χ2v) is 12.0. The molecule has 0 unspecified atom stereocenters. The lowest BCUT2D eigenvalue weighted by molar-refractivity contribution is -0.119. The van der Waals surface area contributed by atoms with Gasteiger partial charge in [-0.05, 0) is 85.3 Å². The van der Waals surface area contributed by atoms with Crippen LogP contribution in [0.5, 0.6) is 11.5 Å². The van der Waals surface area contributed by atoms with E-state index in [1.54, 1.807) is 84.9 Å². The minimum atomic E-state index is -4.04. The minimum Gasteiger partial charge on any atom is -0.495 e. The molecule has 43 heavy (non-hydrogen) atoms. The van der Waals surface area contributed by atoms with Crippen molar-refractivity contribution in [3.63, 3.8) is 0 Å². The molecule has 4 aromatic rings. The number of carbonyl (C=O) groups excluding carboxylic acids is 2. The van der Waals surface area contributed by atoms with Crippen LogP contribution in [0.3, 0.4) is 0 Å². The summed E-state index contributed by atoms with van der Waals surface area (Å²) >= 11 is 3.35. The molecule has 222 valence electrons. The summed E-state index contributed by atoms with van der Waals surface area (Å²) in [5.74, 6) is 0.0265. The Kier molecular flexibility index (Phi) is 10.5. The number of hydrazone groups is 1. The molecule has 2 amide bonds. The third kappa shape index (κ3) is 8.66. The van der Waals surface area contributed by atoms with Crippen molar-refractivity contribution in [3.05, 3.63) is 113 Å². The van der Waals surface area contributed by atoms with Gasteiger partial charge in [-0.1, -0.05) is 45.8 Å². The van der Waals surface area contributed by atoms with Gasteiger partial charge in [-0.25, -0.2) is 13.8 Å². The highest BCUT2D eigenvalue weighted by Gasteiger charge is 2.27. The van der Waals surface area contributed by atoms with Crippen molar-refractivity contribution < 1.29 is 27.5 Å². The van der Waals surface area contributed by atoms with Crippen LogP contribution in [0.15, 0.2) is 112 Å². The van der Waals surface area contributed by atoms with Gasteiger partial charge in [0.15, 0.2) is 6.61 Å². The molecule has 0 saturated carbocycles. The van der Waals surface area contributed by atoms with E-state index in [9.17, 15) is 18.0 Å². The maximum absolute atomic E-state index is 13.5. The number of anilines is 2. The van der Waals surface area contributed by atoms with E-state index < -0.39 is 22.5 Å². The topological polar surface area (TPSA) is 126 Å². The number of aryl methyl sites for hydroxylation is 1. The van der Waals surface area contributed by atoms with Crippen LogP contribution < -0.4 is 24.5 Å². The molecule has 10 nitrogen and oxygen atoms in total. The molecule has 0 spiro atoms. The van der Waals surface area contributed by atoms with E-state index in [4.69, 9.17) is 9.47 Å². The maximum atomic E-state index is 13.5. The lowest BCUT2D eigenvalue weighted by atomic mass is 10.2. The van der Waals surface area contributed by atoms with Crippen LogP contribution in [0.1, 0.15) is 11.1 Å². The zero-order valence-electron chi connectivity index (χ0n) is 23.4. The van der Waals surface area contributed by atoms with Gasteiger partial charge in [0.2, 0.25) is 0 Å². The molecule has 4 aromatic carbocycles. The highest BCUT2D eigenvalue weighted by Crippen LogP contribution is 2.26. The van der Waals surface area contributed by atoms with Crippen LogP contribution in [-0.2, 0) is 19.6 Å². The largest absolute Gasteiger partial charge is 0.495 e. The van der Waals surface area contributed by atoms with Crippen LogP contribution >= 0.6 is 15.9 Å². The predicted molar refractivity (Wildman–Crippen MR) is 169 cm³/mol. The highest BCUT2D eigenvalue weighted by atomic mass is 79.9. The Morgan fingerprint density at radius 1 is 0.907 bits per heavy atom. The summed E-state index contributed by atoms with van der Waals surface area (Å²) in [7, 11) is -2.52. The number of hydrogen-bond acceptors (Lipinski definition) is 7. The van der Waals surface area contributed by atoms with Gasteiger partial charge in [-0.15, -0.1) is 0 Å². The van der Waals surface area contributed by atoms with E-state index in [2.05, 4.69) is 31.8 Å². The molecule has 12 heteroatoms. The second-order valence-electron chi connectivity index (χ2n) is 9.20. The first kappa shape index (κ1) is 31.3. The highest BCUT2D eigenvalue weighted by molar-refractivity contribution is 9.10. The van der Waals surface area contributed by atoms with Crippen LogP contribution in [-0.4, -0.2) is 46.7 Å². The van der Waals surface area contributed by atoms with Crippen molar-refractivity contribution in [2.45, 2.75) is 11.8 Å². The average Bonchev–Trinajstić information content (AvgIpc) is 3.00. The van der Waals surface area contributed by atoms with E-state index in [-0.39, 0.29) is 17.4 Å². The summed E-state index contributed by atoms with van der Waals surface area (Å²) in [6.45, 7) is 1.17. The van der Waals surface area contributed by atoms with Crippen molar-refractivity contribution in [3.8, 4) is 11.5 Å². The third-order valence-electron chi connectivity index (χ3n) is 6.04. The van der Waals surface area contributed by atoms with Gasteiger partial charge in [0.25, 0.3) is 21.8 Å². The van der Waals surface area contributed by atoms with Gasteiger partial charge in [0.1, 0.15) is 18.0 Å². The second kappa shape index (κ2) is 14.5. The number of para-hydroxylation sites is 2. The Balaban J connectivity index is 1.34. The Morgan fingerprint density at radius 2 is 1.58 bits per heavy atom. The molecule has 0 aliphatic carbocycles. The first-order chi connectivity index (χ1) is 20.7. The van der Waals surface area contributed by atoms with Gasteiger partial charge in [0.05, 0.1) is 29.6 Å². The van der Waals surface area contributed by atoms with E-state index in [0.29, 0.717) is 28.4 Å². The van der Waals surface area contributed by atoms with Crippen molar-refractivity contribution in [2.75, 3.05) is 29.9 Å². The van der Waals surface area contributed by atoms with Crippen molar-refractivity contribution >= 4 is 55.4 Å². The number of benzene rings is 4. The van der Waals surface area contributed by atoms with Crippen LogP contribution in [0.4, 0.5) is 11.4 Å². The summed E-state index contributed by atoms with van der Waals surface area (Å²) in [5.41, 5.74) is 4.81. The number of halogens is 1. The molecule has 0 aliphatic heterocycles. The Hall–Kier alpha value is -4.68. The molecular formula is C31H29BrN4O6S. The van der Waals surface area contributed by atoms with Gasteiger partial charge in [0, 0.05) is 4.47 Å². The fourth-order valence-corrected chi connectivity index (χ4v) is 5.52. The first-order valence-electron chi connectivity index (χ1n) is 13.0. The van der Waals surface area contributed by atoms with Gasteiger partial charge in [-0.3, -0.25) is 13.9 Å². The molecule has 0 bridgehead atoms. The van der Waals surface area contributed by atoms with Crippen molar-refractivity contribution in [2.24, 2.45) is 5.10 Å². The zero-order valence-corrected chi connectivity index (χ0v) is 25.8. The molecule has 0 aliphatic rings. The summed E-state index contributed by atoms with van der Waals surface area (Å²) in [6, 6.07) is 26.8. The molecule has 2 N–H and O–H groups in total. The molecule has 0 atom stereocenters. The van der Waals surface area contributed by atoms with Gasteiger partial charge in [-0.2, -0.15) is 5.10 Å². The molecule has 0 saturated heterocycles. The van der Waals surface area contributed by atoms with Gasteiger partial charge < -0.3 is 14.8 Å². The van der Waals surface area contributed by atoms with Gasteiger partial charge >= 0.3 is 0 Å². The molecular weight excluding hydrogens is 636 g/mol. The molecule has 0 heterocycles. The summed E-state index contributed by atoms with van der Waals surface area (Å²) in [5, 5.41) is 6.70. The minimum absolute atomic E-state index is 0.0666. The quantitative estimate of drug-likeness (QED) is 0.160. The van der Waals surface area contributed by atoms with E-state index in [1.807, 2.05) is 6.92 Å². The number of rotatable bonds is 12. The first-order valence-corrected chi connectivity index (χ1v) is 15.2. The molecule has 0 fully saturated rings. The average molecular weight is 666 g/mol.